The van der Waals surface area contributed by atoms with Crippen molar-refractivity contribution in [3.8, 4) is 0 Å². The second-order valence-electron chi connectivity index (χ2n) is 5.97. The lowest BCUT2D eigenvalue weighted by molar-refractivity contribution is 0.587. The molecule has 0 fully saturated rings. The van der Waals surface area contributed by atoms with Crippen LogP contribution in [0.4, 0.5) is 4.39 Å². The van der Waals surface area contributed by atoms with Crippen LogP contribution in [-0.2, 0) is 28.7 Å². The zero-order chi connectivity index (χ0) is 19.7. The van der Waals surface area contributed by atoms with Gasteiger partial charge in [-0.2, -0.15) is 0 Å². The van der Waals surface area contributed by atoms with Crippen LogP contribution in [-0.4, -0.2) is 35.0 Å². The summed E-state index contributed by atoms with van der Waals surface area (Å²) >= 11 is 0. The molecule has 0 saturated heterocycles. The lowest BCUT2D eigenvalue weighted by atomic mass is 10.1. The van der Waals surface area contributed by atoms with Crippen molar-refractivity contribution in [3.05, 3.63) is 71.0 Å². The van der Waals surface area contributed by atoms with Gasteiger partial charge in [-0.3, -0.25) is 4.99 Å². The van der Waals surface area contributed by atoms with Crippen molar-refractivity contribution in [1.29, 1.82) is 0 Å². The van der Waals surface area contributed by atoms with Crippen molar-refractivity contribution in [2.24, 2.45) is 4.99 Å². The molecule has 3 N–H and O–H groups in total. The lowest BCUT2D eigenvalue weighted by Gasteiger charge is -2.12. The van der Waals surface area contributed by atoms with Gasteiger partial charge in [-0.25, -0.2) is 17.5 Å². The highest BCUT2D eigenvalue weighted by Gasteiger charge is 2.08. The predicted octanol–water partition coefficient (Wildman–Crippen LogP) is 2.40. The van der Waals surface area contributed by atoms with Gasteiger partial charge in [-0.15, -0.1) is 24.0 Å². The summed E-state index contributed by atoms with van der Waals surface area (Å²) in [6, 6.07) is 14.0. The quantitative estimate of drug-likeness (QED) is 0.284. The zero-order valence-corrected chi connectivity index (χ0v) is 19.1. The number of hydrogen-bond acceptors (Lipinski definition) is 3. The van der Waals surface area contributed by atoms with Crippen molar-refractivity contribution in [1.82, 2.24) is 15.4 Å². The maximum absolute atomic E-state index is 13.6. The van der Waals surface area contributed by atoms with E-state index in [1.54, 1.807) is 31.3 Å². The van der Waals surface area contributed by atoms with Crippen LogP contribution in [0.15, 0.2) is 53.5 Å². The number of nitrogens with one attached hydrogen (secondary N) is 3. The number of hydrogen-bond donors (Lipinski definition) is 3. The van der Waals surface area contributed by atoms with Crippen LogP contribution < -0.4 is 15.4 Å². The average molecular weight is 520 g/mol. The van der Waals surface area contributed by atoms with Gasteiger partial charge in [0.25, 0.3) is 0 Å². The monoisotopic (exact) mass is 520 g/mol. The third-order valence-electron chi connectivity index (χ3n) is 4.02. The highest BCUT2D eigenvalue weighted by atomic mass is 127. The summed E-state index contributed by atoms with van der Waals surface area (Å²) in [5.41, 5.74) is 2.38. The van der Waals surface area contributed by atoms with Crippen LogP contribution in [0.5, 0.6) is 0 Å². The molecule has 0 aliphatic rings. The Morgan fingerprint density at radius 1 is 1.04 bits per heavy atom. The topological polar surface area (TPSA) is 82.6 Å². The van der Waals surface area contributed by atoms with E-state index in [-0.39, 0.29) is 35.5 Å². The van der Waals surface area contributed by atoms with Crippen molar-refractivity contribution in [2.45, 2.75) is 18.7 Å². The fraction of sp³-hybridized carbons (Fsp3) is 0.316. The van der Waals surface area contributed by atoms with Crippen LogP contribution in [0.25, 0.3) is 0 Å². The first-order valence-corrected chi connectivity index (χ1v) is 10.3. The predicted molar refractivity (Wildman–Crippen MR) is 122 cm³/mol. The van der Waals surface area contributed by atoms with Gasteiger partial charge >= 0.3 is 0 Å². The van der Waals surface area contributed by atoms with Crippen LogP contribution in [0, 0.1) is 5.82 Å². The minimum Gasteiger partial charge on any atom is -0.356 e. The maximum Gasteiger partial charge on any atom is 0.215 e. The molecule has 0 atom stereocenters. The van der Waals surface area contributed by atoms with Gasteiger partial charge < -0.3 is 10.6 Å². The molecule has 0 heterocycles. The fourth-order valence-corrected chi connectivity index (χ4v) is 3.24. The summed E-state index contributed by atoms with van der Waals surface area (Å²) in [6.07, 6.45) is 0.558. The van der Waals surface area contributed by atoms with Crippen molar-refractivity contribution >= 4 is 40.0 Å². The fourth-order valence-electron chi connectivity index (χ4n) is 2.47. The van der Waals surface area contributed by atoms with Crippen LogP contribution >= 0.6 is 24.0 Å². The van der Waals surface area contributed by atoms with Crippen molar-refractivity contribution in [3.63, 3.8) is 0 Å². The van der Waals surface area contributed by atoms with E-state index >= 15 is 0 Å². The summed E-state index contributed by atoms with van der Waals surface area (Å²) in [5.74, 6) is 0.368. The van der Waals surface area contributed by atoms with E-state index < -0.39 is 10.0 Å². The molecule has 0 radical (unpaired) electrons. The highest BCUT2D eigenvalue weighted by Crippen LogP contribution is 2.08. The van der Waals surface area contributed by atoms with Gasteiger partial charge in [-0.1, -0.05) is 42.5 Å². The smallest absolute Gasteiger partial charge is 0.215 e. The van der Waals surface area contributed by atoms with Crippen LogP contribution in [0.3, 0.4) is 0 Å². The third kappa shape index (κ3) is 8.11. The molecular weight excluding hydrogens is 494 g/mol. The minimum absolute atomic E-state index is 0. The molecule has 2 aromatic carbocycles. The van der Waals surface area contributed by atoms with E-state index in [4.69, 9.17) is 0 Å². The van der Waals surface area contributed by atoms with E-state index in [1.165, 1.54) is 13.1 Å². The summed E-state index contributed by atoms with van der Waals surface area (Å²) < 4.78 is 39.0. The number of nitrogens with zero attached hydrogens (tertiary/aromatic N) is 1. The average Bonchev–Trinajstić information content (AvgIpc) is 2.67. The number of sulfonamides is 1. The molecule has 0 unspecified atom stereocenters. The van der Waals surface area contributed by atoms with E-state index in [0.717, 1.165) is 11.1 Å². The van der Waals surface area contributed by atoms with E-state index in [9.17, 15) is 12.8 Å². The molecule has 9 heteroatoms. The molecule has 0 bridgehead atoms. The number of aliphatic imine (C=N–C) groups is 1. The molecule has 0 aromatic heterocycles. The first-order chi connectivity index (χ1) is 12.9. The van der Waals surface area contributed by atoms with Crippen LogP contribution in [0.1, 0.15) is 16.7 Å². The Kier molecular flexibility index (Phi) is 10.4. The van der Waals surface area contributed by atoms with Gasteiger partial charge in [0.2, 0.25) is 10.0 Å². The Morgan fingerprint density at radius 2 is 1.68 bits per heavy atom. The maximum atomic E-state index is 13.6. The first kappa shape index (κ1) is 24.3. The number of benzene rings is 2. The molecule has 0 aliphatic heterocycles. The second kappa shape index (κ2) is 12.0. The molecule has 0 aliphatic carbocycles. The summed E-state index contributed by atoms with van der Waals surface area (Å²) in [6.45, 7) is 1.10. The molecule has 2 rings (SSSR count). The number of halogens is 2. The zero-order valence-electron chi connectivity index (χ0n) is 15.9. The Hall–Kier alpha value is -1.72. The van der Waals surface area contributed by atoms with Gasteiger partial charge in [0.1, 0.15) is 5.82 Å². The Balaban J connectivity index is 0.00000392. The molecule has 6 nitrogen and oxygen atoms in total. The van der Waals surface area contributed by atoms with E-state index in [2.05, 4.69) is 20.3 Å². The third-order valence-corrected chi connectivity index (χ3v) is 5.35. The molecule has 154 valence electrons. The van der Waals surface area contributed by atoms with E-state index in [1.807, 2.05) is 18.2 Å². The second-order valence-corrected chi connectivity index (χ2v) is 7.90. The van der Waals surface area contributed by atoms with E-state index in [0.29, 0.717) is 31.0 Å². The van der Waals surface area contributed by atoms with Crippen molar-refractivity contribution < 1.29 is 12.8 Å². The number of guanidine groups is 1. The number of rotatable bonds is 8. The van der Waals surface area contributed by atoms with Gasteiger partial charge in [-0.05, 0) is 36.2 Å². The normalized spacial score (nSPS) is 11.6. The highest BCUT2D eigenvalue weighted by molar-refractivity contribution is 14.0. The Morgan fingerprint density at radius 3 is 2.29 bits per heavy atom. The molecule has 2 aromatic rings. The van der Waals surface area contributed by atoms with Gasteiger partial charge in [0.05, 0.1) is 5.75 Å². The Bertz CT molecular complexity index is 874. The summed E-state index contributed by atoms with van der Waals surface area (Å²) in [7, 11) is -0.201. The van der Waals surface area contributed by atoms with Crippen LogP contribution in [0.2, 0.25) is 0 Å². The molecule has 0 saturated carbocycles. The van der Waals surface area contributed by atoms with Crippen molar-refractivity contribution in [2.75, 3.05) is 20.6 Å². The first-order valence-electron chi connectivity index (χ1n) is 8.60. The summed E-state index contributed by atoms with van der Waals surface area (Å²) in [4.78, 5) is 4.15. The molecule has 0 amide bonds. The van der Waals surface area contributed by atoms with Gasteiger partial charge in [0, 0.05) is 20.1 Å². The standard InChI is InChI=1S/C19H25FN4O2S.HI/c1-21-19(23-12-11-17-5-3-4-6-18(17)20)24-13-15-7-9-16(10-8-15)14-27(25,26)22-2;/h3-10,22H,11-14H2,1-2H3,(H2,21,23,24);1H. The Labute approximate surface area is 183 Å². The largest absolute Gasteiger partial charge is 0.356 e. The molecule has 28 heavy (non-hydrogen) atoms. The molecular formula is C19H26FIN4O2S. The van der Waals surface area contributed by atoms with Gasteiger partial charge in [0.15, 0.2) is 5.96 Å². The SMILES string of the molecule is CN=C(NCCc1ccccc1F)NCc1ccc(CS(=O)(=O)NC)cc1.I. The summed E-state index contributed by atoms with van der Waals surface area (Å²) in [5, 5.41) is 6.33. The minimum atomic E-state index is -3.27. The molecule has 0 spiro atoms. The lowest BCUT2D eigenvalue weighted by Crippen LogP contribution is -2.37.